The first kappa shape index (κ1) is 41.0. The predicted octanol–water partition coefficient (Wildman–Crippen LogP) is 11.1. The molecule has 8 nitrogen and oxygen atoms in total. The van der Waals surface area contributed by atoms with Gasteiger partial charge in [-0.15, -0.1) is 0 Å². The zero-order chi connectivity index (χ0) is 44.7. The fraction of sp³-hybridized carbons (Fsp3) is 0.0833. The van der Waals surface area contributed by atoms with E-state index in [1.165, 1.54) is 42.5 Å². The van der Waals surface area contributed by atoms with Gasteiger partial charge < -0.3 is 0 Å². The molecular formula is C48H18F6N8. The Morgan fingerprint density at radius 3 is 1.29 bits per heavy atom. The molecule has 0 saturated carbocycles. The van der Waals surface area contributed by atoms with E-state index in [1.807, 2.05) is 6.07 Å². The first-order valence-corrected chi connectivity index (χ1v) is 18.0. The summed E-state index contributed by atoms with van der Waals surface area (Å²) in [7, 11) is 0. The largest absolute Gasteiger partial charge is 0.417 e. The molecule has 0 aromatic heterocycles. The van der Waals surface area contributed by atoms with Crippen LogP contribution in [-0.2, 0) is 12.4 Å². The molecule has 4 aromatic rings. The predicted molar refractivity (Wildman–Crippen MR) is 211 cm³/mol. The first-order chi connectivity index (χ1) is 29.7. The van der Waals surface area contributed by atoms with Crippen molar-refractivity contribution in [3.05, 3.63) is 168 Å². The van der Waals surface area contributed by atoms with E-state index in [4.69, 9.17) is 0 Å². The highest BCUT2D eigenvalue weighted by Crippen LogP contribution is 2.63. The van der Waals surface area contributed by atoms with E-state index in [1.54, 1.807) is 48.6 Å². The third-order valence-corrected chi connectivity index (χ3v) is 10.4. The second-order valence-corrected chi connectivity index (χ2v) is 13.8. The zero-order valence-electron chi connectivity index (χ0n) is 31.3. The fourth-order valence-corrected chi connectivity index (χ4v) is 8.15. The molecule has 3 aliphatic carbocycles. The summed E-state index contributed by atoms with van der Waals surface area (Å²) in [6.07, 6.45) is -6.53. The second-order valence-electron chi connectivity index (χ2n) is 13.8. The maximum Gasteiger partial charge on any atom is 0.417 e. The molecule has 3 aliphatic rings. The van der Waals surface area contributed by atoms with Crippen molar-refractivity contribution in [3.63, 3.8) is 0 Å². The topological polar surface area (TPSA) is 190 Å². The minimum atomic E-state index is -5.68. The standard InChI is InChI=1S/C48H18F6N8/c49-47(50,51)45-41-35(23-61)37(29-7-3-1-4-8-29)39(33(21-59)31-13-25(17-55)11-26(14-31)18-56)43(41)46(48(52,53)54)44-40(34(22-60)32-15-27(19-57)12-28(16-32)20-58)38(36(24-62)42(44)45)30-9-5-2-6-10-30/h1-5,7-9,11-16H,6,10H2/b39-33+,40-34+. The molecule has 4 aromatic carbocycles. The lowest BCUT2D eigenvalue weighted by atomic mass is 9.79. The smallest absolute Gasteiger partial charge is 0.192 e. The Morgan fingerprint density at radius 1 is 0.500 bits per heavy atom. The molecule has 62 heavy (non-hydrogen) atoms. The van der Waals surface area contributed by atoms with E-state index < -0.39 is 90.3 Å². The fourth-order valence-electron chi connectivity index (χ4n) is 8.15. The summed E-state index contributed by atoms with van der Waals surface area (Å²) >= 11 is 0. The number of allylic oxidation sites excluding steroid dienone is 12. The molecule has 0 amide bonds. The van der Waals surface area contributed by atoms with Crippen LogP contribution in [0.25, 0.3) is 39.0 Å². The van der Waals surface area contributed by atoms with Gasteiger partial charge in [-0.25, -0.2) is 0 Å². The molecular weight excluding hydrogens is 803 g/mol. The van der Waals surface area contributed by atoms with E-state index in [9.17, 15) is 42.1 Å². The van der Waals surface area contributed by atoms with Crippen LogP contribution >= 0.6 is 0 Å². The Kier molecular flexibility index (Phi) is 10.3. The third-order valence-electron chi connectivity index (χ3n) is 10.4. The van der Waals surface area contributed by atoms with Crippen molar-refractivity contribution in [2.24, 2.45) is 0 Å². The maximum absolute atomic E-state index is 16.6. The van der Waals surface area contributed by atoms with Gasteiger partial charge in [0.25, 0.3) is 0 Å². The Morgan fingerprint density at radius 2 is 0.919 bits per heavy atom. The number of alkyl halides is 6. The van der Waals surface area contributed by atoms with Crippen molar-refractivity contribution >= 4 is 39.0 Å². The van der Waals surface area contributed by atoms with Gasteiger partial charge in [-0.2, -0.15) is 68.4 Å². The minimum absolute atomic E-state index is 0.000988. The number of nitriles is 8. The molecule has 0 unspecified atom stereocenters. The van der Waals surface area contributed by atoms with E-state index in [-0.39, 0.29) is 57.4 Å². The number of rotatable bonds is 4. The molecule has 0 bridgehead atoms. The lowest BCUT2D eigenvalue weighted by molar-refractivity contribution is -0.141. The average molecular weight is 821 g/mol. The van der Waals surface area contributed by atoms with Crippen molar-refractivity contribution in [2.75, 3.05) is 0 Å². The van der Waals surface area contributed by atoms with Crippen LogP contribution < -0.4 is 0 Å². The van der Waals surface area contributed by atoms with Crippen molar-refractivity contribution in [1.29, 1.82) is 42.1 Å². The normalized spacial score (nSPS) is 15.6. The van der Waals surface area contributed by atoms with Gasteiger partial charge in [-0.1, -0.05) is 48.6 Å². The molecule has 7 rings (SSSR count). The van der Waals surface area contributed by atoms with Crippen LogP contribution in [0.3, 0.4) is 0 Å². The SMILES string of the molecule is N#CC1=C(C2=CC=CCC2)/C(=C(/C#N)c2cc(C#N)cc(C#N)c2)c2c1c(C(F)(F)F)c1c(c2C(F)(F)F)/C(=C(\C#N)c2cc(C#N)cc(C#N)c2)C(c2ccccc2)=C1C#N. The van der Waals surface area contributed by atoms with Gasteiger partial charge in [-0.05, 0) is 71.5 Å². The summed E-state index contributed by atoms with van der Waals surface area (Å²) in [5, 5.41) is 82.7. The summed E-state index contributed by atoms with van der Waals surface area (Å²) in [5.74, 6) is 0. The van der Waals surface area contributed by atoms with Crippen LogP contribution in [0.4, 0.5) is 26.3 Å². The third kappa shape index (κ3) is 6.55. The molecule has 0 N–H and O–H groups in total. The monoisotopic (exact) mass is 820 g/mol. The number of benzene rings is 4. The minimum Gasteiger partial charge on any atom is -0.192 e. The molecule has 0 spiro atoms. The van der Waals surface area contributed by atoms with Crippen LogP contribution in [-0.4, -0.2) is 0 Å². The van der Waals surface area contributed by atoms with Gasteiger partial charge in [-0.3, -0.25) is 0 Å². The van der Waals surface area contributed by atoms with Crippen LogP contribution in [0, 0.1) is 90.6 Å². The van der Waals surface area contributed by atoms with E-state index in [2.05, 4.69) is 0 Å². The molecule has 0 saturated heterocycles. The highest BCUT2D eigenvalue weighted by molar-refractivity contribution is 6.33. The van der Waals surface area contributed by atoms with E-state index >= 15 is 26.3 Å². The number of hydrogen-bond acceptors (Lipinski definition) is 8. The molecule has 0 heterocycles. The van der Waals surface area contributed by atoms with Crippen LogP contribution in [0.2, 0.25) is 0 Å². The molecule has 292 valence electrons. The van der Waals surface area contributed by atoms with Crippen molar-refractivity contribution in [3.8, 4) is 48.6 Å². The summed E-state index contributed by atoms with van der Waals surface area (Å²) in [4.78, 5) is 0. The Bertz CT molecular complexity index is 3210. The Balaban J connectivity index is 1.87. The van der Waals surface area contributed by atoms with Crippen molar-refractivity contribution < 1.29 is 26.3 Å². The van der Waals surface area contributed by atoms with Gasteiger partial charge in [0, 0.05) is 44.5 Å². The number of fused-ring (bicyclic) bond motifs is 2. The highest BCUT2D eigenvalue weighted by atomic mass is 19.4. The van der Waals surface area contributed by atoms with Gasteiger partial charge in [0.15, 0.2) is 0 Å². The maximum atomic E-state index is 16.6. The highest BCUT2D eigenvalue weighted by Gasteiger charge is 2.54. The number of halogens is 6. The van der Waals surface area contributed by atoms with Crippen LogP contribution in [0.1, 0.15) is 85.2 Å². The summed E-state index contributed by atoms with van der Waals surface area (Å²) < 4.78 is 98.4. The van der Waals surface area contributed by atoms with Gasteiger partial charge in [0.2, 0.25) is 0 Å². The van der Waals surface area contributed by atoms with Crippen LogP contribution in [0.5, 0.6) is 0 Å². The average Bonchev–Trinajstić information content (AvgIpc) is 3.78. The van der Waals surface area contributed by atoms with Gasteiger partial charge in [0.1, 0.15) is 24.3 Å². The summed E-state index contributed by atoms with van der Waals surface area (Å²) in [5.41, 5.74) is -16.0. The van der Waals surface area contributed by atoms with Crippen LogP contribution in [0.15, 0.2) is 96.1 Å². The molecule has 0 radical (unpaired) electrons. The summed E-state index contributed by atoms with van der Waals surface area (Å²) in [6, 6.07) is 27.6. The number of hydrogen-bond donors (Lipinski definition) is 0. The molecule has 0 fully saturated rings. The van der Waals surface area contributed by atoms with Crippen molar-refractivity contribution in [2.45, 2.75) is 25.2 Å². The molecule has 0 atom stereocenters. The quantitative estimate of drug-likeness (QED) is 0.143. The lowest BCUT2D eigenvalue weighted by Gasteiger charge is -2.25. The van der Waals surface area contributed by atoms with E-state index in [0.717, 1.165) is 36.4 Å². The van der Waals surface area contributed by atoms with Crippen molar-refractivity contribution in [1.82, 2.24) is 0 Å². The van der Waals surface area contributed by atoms with Gasteiger partial charge >= 0.3 is 12.4 Å². The zero-order valence-corrected chi connectivity index (χ0v) is 31.3. The second kappa shape index (κ2) is 15.5. The Hall–Kier alpha value is -9.18. The van der Waals surface area contributed by atoms with Gasteiger partial charge in [0.05, 0.1) is 80.0 Å². The first-order valence-electron chi connectivity index (χ1n) is 18.0. The molecule has 14 heteroatoms. The number of nitrogens with zero attached hydrogens (tertiary/aromatic N) is 8. The molecule has 0 aliphatic heterocycles. The van der Waals surface area contributed by atoms with E-state index in [0.29, 0.717) is 0 Å². The lowest BCUT2D eigenvalue weighted by Crippen LogP contribution is -2.20. The Labute approximate surface area is 348 Å². The summed E-state index contributed by atoms with van der Waals surface area (Å²) in [6.45, 7) is 0.